The zero-order chi connectivity index (χ0) is 14.5. The van der Waals surface area contributed by atoms with Gasteiger partial charge in [0, 0.05) is 18.2 Å². The van der Waals surface area contributed by atoms with Crippen LogP contribution in [0.3, 0.4) is 0 Å². The molecule has 1 amide bonds. The molecule has 20 heavy (non-hydrogen) atoms. The third-order valence-corrected chi connectivity index (χ3v) is 4.02. The molecule has 0 spiro atoms. The van der Waals surface area contributed by atoms with E-state index in [1.165, 1.54) is 11.3 Å². The van der Waals surface area contributed by atoms with Crippen molar-refractivity contribution in [2.24, 2.45) is 0 Å². The molecule has 4 nitrogen and oxygen atoms in total. The van der Waals surface area contributed by atoms with E-state index in [0.717, 1.165) is 21.8 Å². The van der Waals surface area contributed by atoms with Crippen LogP contribution in [-0.4, -0.2) is 20.1 Å². The Kier molecular flexibility index (Phi) is 4.63. The molecule has 0 radical (unpaired) electrons. The highest BCUT2D eigenvalue weighted by Crippen LogP contribution is 2.24. The van der Waals surface area contributed by atoms with Gasteiger partial charge in [0.15, 0.2) is 0 Å². The van der Waals surface area contributed by atoms with Crippen molar-refractivity contribution in [2.45, 2.75) is 13.5 Å². The maximum atomic E-state index is 12.1. The lowest BCUT2D eigenvalue weighted by Crippen LogP contribution is -2.22. The molecule has 0 saturated carbocycles. The standard InChI is InChI=1S/C15H17NO3S/c1-10-6-7-20-14(10)15(17)16-9-11-4-5-12(18-2)8-13(11)19-3/h4-8H,9H2,1-3H3,(H,16,17). The van der Waals surface area contributed by atoms with Crippen molar-refractivity contribution in [1.82, 2.24) is 5.32 Å². The van der Waals surface area contributed by atoms with E-state index >= 15 is 0 Å². The summed E-state index contributed by atoms with van der Waals surface area (Å²) in [5.41, 5.74) is 1.91. The fraction of sp³-hybridized carbons (Fsp3) is 0.267. The Balaban J connectivity index is 2.07. The van der Waals surface area contributed by atoms with E-state index < -0.39 is 0 Å². The van der Waals surface area contributed by atoms with Crippen LogP contribution in [0.25, 0.3) is 0 Å². The molecule has 0 aliphatic carbocycles. The predicted octanol–water partition coefficient (Wildman–Crippen LogP) is 3.00. The fourth-order valence-corrected chi connectivity index (χ4v) is 2.70. The lowest BCUT2D eigenvalue weighted by atomic mass is 10.2. The molecule has 2 rings (SSSR count). The summed E-state index contributed by atoms with van der Waals surface area (Å²) >= 11 is 1.45. The third-order valence-electron chi connectivity index (χ3n) is 3.00. The number of rotatable bonds is 5. The minimum absolute atomic E-state index is 0.0598. The zero-order valence-electron chi connectivity index (χ0n) is 11.7. The van der Waals surface area contributed by atoms with Gasteiger partial charge < -0.3 is 14.8 Å². The first-order valence-corrected chi connectivity index (χ1v) is 7.07. The fourth-order valence-electron chi connectivity index (χ4n) is 1.86. The number of benzene rings is 1. The summed E-state index contributed by atoms with van der Waals surface area (Å²) < 4.78 is 10.5. The van der Waals surface area contributed by atoms with Crippen molar-refractivity contribution in [3.05, 3.63) is 45.6 Å². The van der Waals surface area contributed by atoms with E-state index in [-0.39, 0.29) is 5.91 Å². The van der Waals surface area contributed by atoms with Crippen LogP contribution >= 0.6 is 11.3 Å². The molecule has 0 aliphatic rings. The van der Waals surface area contributed by atoms with Crippen LogP contribution < -0.4 is 14.8 Å². The van der Waals surface area contributed by atoms with Gasteiger partial charge in [0.1, 0.15) is 11.5 Å². The van der Waals surface area contributed by atoms with Gasteiger partial charge >= 0.3 is 0 Å². The molecule has 2 aromatic rings. The van der Waals surface area contributed by atoms with E-state index in [9.17, 15) is 4.79 Å². The largest absolute Gasteiger partial charge is 0.497 e. The van der Waals surface area contributed by atoms with Crippen LogP contribution in [0.1, 0.15) is 20.8 Å². The lowest BCUT2D eigenvalue weighted by molar-refractivity contribution is 0.0954. The Bertz CT molecular complexity index is 607. The second kappa shape index (κ2) is 6.43. The number of hydrogen-bond acceptors (Lipinski definition) is 4. The first kappa shape index (κ1) is 14.4. The summed E-state index contributed by atoms with van der Waals surface area (Å²) in [4.78, 5) is 12.8. The van der Waals surface area contributed by atoms with Crippen LogP contribution in [0.4, 0.5) is 0 Å². The molecule has 1 heterocycles. The molecule has 0 unspecified atom stereocenters. The highest BCUT2D eigenvalue weighted by atomic mass is 32.1. The van der Waals surface area contributed by atoms with Crippen LogP contribution in [0, 0.1) is 6.92 Å². The minimum atomic E-state index is -0.0598. The van der Waals surface area contributed by atoms with Crippen LogP contribution in [0.5, 0.6) is 11.5 Å². The summed E-state index contributed by atoms with van der Waals surface area (Å²) in [7, 11) is 3.21. The molecular formula is C15H17NO3S. The molecule has 106 valence electrons. The van der Waals surface area contributed by atoms with Crippen molar-refractivity contribution in [3.8, 4) is 11.5 Å². The quantitative estimate of drug-likeness (QED) is 0.921. The van der Waals surface area contributed by atoms with Crippen molar-refractivity contribution in [1.29, 1.82) is 0 Å². The second-order valence-corrected chi connectivity index (χ2v) is 5.21. The van der Waals surface area contributed by atoms with Gasteiger partial charge in [0.05, 0.1) is 19.1 Å². The van der Waals surface area contributed by atoms with E-state index in [4.69, 9.17) is 9.47 Å². The first-order chi connectivity index (χ1) is 9.65. The normalized spacial score (nSPS) is 10.2. The maximum Gasteiger partial charge on any atom is 0.261 e. The van der Waals surface area contributed by atoms with Gasteiger partial charge in [-0.05, 0) is 36.1 Å². The summed E-state index contributed by atoms with van der Waals surface area (Å²) in [6.07, 6.45) is 0. The van der Waals surface area contributed by atoms with Gasteiger partial charge in [-0.2, -0.15) is 0 Å². The van der Waals surface area contributed by atoms with Gasteiger partial charge in [-0.25, -0.2) is 0 Å². The number of ether oxygens (including phenoxy) is 2. The van der Waals surface area contributed by atoms with Crippen LogP contribution in [0.15, 0.2) is 29.6 Å². The average molecular weight is 291 g/mol. The van der Waals surface area contributed by atoms with Crippen molar-refractivity contribution in [2.75, 3.05) is 14.2 Å². The smallest absolute Gasteiger partial charge is 0.261 e. The molecule has 0 fully saturated rings. The number of aryl methyl sites for hydroxylation is 1. The van der Waals surface area contributed by atoms with E-state index in [2.05, 4.69) is 5.32 Å². The maximum absolute atomic E-state index is 12.1. The molecule has 0 bridgehead atoms. The van der Waals surface area contributed by atoms with Gasteiger partial charge in [0.25, 0.3) is 5.91 Å². The van der Waals surface area contributed by atoms with Crippen molar-refractivity contribution >= 4 is 17.2 Å². The van der Waals surface area contributed by atoms with Gasteiger partial charge in [-0.3, -0.25) is 4.79 Å². The van der Waals surface area contributed by atoms with E-state index in [1.54, 1.807) is 20.3 Å². The molecule has 1 aromatic carbocycles. The number of carbonyl (C=O) groups excluding carboxylic acids is 1. The number of methoxy groups -OCH3 is 2. The van der Waals surface area contributed by atoms with Crippen molar-refractivity contribution < 1.29 is 14.3 Å². The van der Waals surface area contributed by atoms with Crippen molar-refractivity contribution in [3.63, 3.8) is 0 Å². The molecule has 5 heteroatoms. The van der Waals surface area contributed by atoms with E-state index in [0.29, 0.717) is 12.3 Å². The molecule has 1 N–H and O–H groups in total. The van der Waals surface area contributed by atoms with Gasteiger partial charge in [0.2, 0.25) is 0 Å². The highest BCUT2D eigenvalue weighted by Gasteiger charge is 2.11. The van der Waals surface area contributed by atoms with Crippen LogP contribution in [-0.2, 0) is 6.54 Å². The topological polar surface area (TPSA) is 47.6 Å². The Hall–Kier alpha value is -2.01. The monoisotopic (exact) mass is 291 g/mol. The average Bonchev–Trinajstić information content (AvgIpc) is 2.90. The highest BCUT2D eigenvalue weighted by molar-refractivity contribution is 7.12. The SMILES string of the molecule is COc1ccc(CNC(=O)c2sccc2C)c(OC)c1. The van der Waals surface area contributed by atoms with Gasteiger partial charge in [-0.15, -0.1) is 11.3 Å². The molecule has 0 aliphatic heterocycles. The summed E-state index contributed by atoms with van der Waals surface area (Å²) in [6, 6.07) is 7.48. The summed E-state index contributed by atoms with van der Waals surface area (Å²) in [5, 5.41) is 4.82. The Labute approximate surface area is 122 Å². The third kappa shape index (κ3) is 3.11. The Morgan fingerprint density at radius 2 is 2.05 bits per heavy atom. The Morgan fingerprint density at radius 3 is 2.65 bits per heavy atom. The molecular weight excluding hydrogens is 274 g/mol. The lowest BCUT2D eigenvalue weighted by Gasteiger charge is -2.11. The minimum Gasteiger partial charge on any atom is -0.497 e. The molecule has 0 saturated heterocycles. The first-order valence-electron chi connectivity index (χ1n) is 6.19. The Morgan fingerprint density at radius 1 is 1.25 bits per heavy atom. The summed E-state index contributed by atoms with van der Waals surface area (Å²) in [5.74, 6) is 1.37. The molecule has 0 atom stereocenters. The number of thiophene rings is 1. The van der Waals surface area contributed by atoms with E-state index in [1.807, 2.05) is 30.5 Å². The van der Waals surface area contributed by atoms with Crippen LogP contribution in [0.2, 0.25) is 0 Å². The predicted molar refractivity (Wildman–Crippen MR) is 79.8 cm³/mol. The number of carbonyl (C=O) groups is 1. The number of hydrogen-bond donors (Lipinski definition) is 1. The van der Waals surface area contributed by atoms with Gasteiger partial charge in [-0.1, -0.05) is 0 Å². The molecule has 1 aromatic heterocycles. The summed E-state index contributed by atoms with van der Waals surface area (Å²) in [6.45, 7) is 2.35. The number of nitrogens with one attached hydrogen (secondary N) is 1. The second-order valence-electron chi connectivity index (χ2n) is 4.29. The number of amides is 1. The zero-order valence-corrected chi connectivity index (χ0v) is 12.5.